The summed E-state index contributed by atoms with van der Waals surface area (Å²) in [5.41, 5.74) is 3.15. The van der Waals surface area contributed by atoms with E-state index in [1.165, 1.54) is 16.8 Å². The minimum absolute atomic E-state index is 0.303. The maximum absolute atomic E-state index is 6.17. The van der Waals surface area contributed by atoms with Crippen molar-refractivity contribution in [3.8, 4) is 0 Å². The van der Waals surface area contributed by atoms with Crippen molar-refractivity contribution in [1.82, 2.24) is 0 Å². The molecule has 1 fully saturated rings. The number of fused-ring (bicyclic) bond motifs is 1. The lowest BCUT2D eigenvalue weighted by molar-refractivity contribution is 0.00578. The molecule has 3 nitrogen and oxygen atoms in total. The van der Waals surface area contributed by atoms with Gasteiger partial charge in [-0.2, -0.15) is 0 Å². The highest BCUT2D eigenvalue weighted by molar-refractivity contribution is 6.51. The summed E-state index contributed by atoms with van der Waals surface area (Å²) in [4.78, 5) is 2.19. The SMILES string of the molecule is CC1=CCN(B2OC(C)(C)C(C)(C)O2)c2ccccc21. The first-order valence-electron chi connectivity index (χ1n) is 7.20. The third-order valence-corrected chi connectivity index (χ3v) is 4.73. The maximum Gasteiger partial charge on any atom is 0.594 e. The first-order chi connectivity index (χ1) is 9.32. The van der Waals surface area contributed by atoms with E-state index in [-0.39, 0.29) is 18.5 Å². The van der Waals surface area contributed by atoms with Crippen molar-refractivity contribution in [1.29, 1.82) is 0 Å². The Morgan fingerprint density at radius 1 is 1.05 bits per heavy atom. The second kappa shape index (κ2) is 4.37. The third-order valence-electron chi connectivity index (χ3n) is 4.73. The zero-order valence-corrected chi connectivity index (χ0v) is 12.9. The molecule has 1 aromatic rings. The molecule has 2 aliphatic heterocycles. The average molecular weight is 271 g/mol. The molecule has 4 heteroatoms. The van der Waals surface area contributed by atoms with E-state index in [0.29, 0.717) is 0 Å². The Labute approximate surface area is 121 Å². The van der Waals surface area contributed by atoms with Gasteiger partial charge in [0.15, 0.2) is 0 Å². The van der Waals surface area contributed by atoms with Crippen LogP contribution in [0.15, 0.2) is 30.3 Å². The molecule has 0 amide bonds. The van der Waals surface area contributed by atoms with Crippen molar-refractivity contribution < 1.29 is 9.31 Å². The van der Waals surface area contributed by atoms with Crippen LogP contribution in [0.5, 0.6) is 0 Å². The summed E-state index contributed by atoms with van der Waals surface area (Å²) in [6, 6.07) is 8.43. The molecule has 0 saturated carbocycles. The molecule has 0 radical (unpaired) electrons. The van der Waals surface area contributed by atoms with Crippen LogP contribution >= 0.6 is 0 Å². The topological polar surface area (TPSA) is 21.7 Å². The first-order valence-corrected chi connectivity index (χ1v) is 7.20. The minimum Gasteiger partial charge on any atom is -0.384 e. The van der Waals surface area contributed by atoms with Gasteiger partial charge in [-0.05, 0) is 51.8 Å². The van der Waals surface area contributed by atoms with Crippen LogP contribution in [0.25, 0.3) is 5.57 Å². The number of allylic oxidation sites excluding steroid dienone is 1. The van der Waals surface area contributed by atoms with Gasteiger partial charge in [0, 0.05) is 12.2 Å². The summed E-state index contributed by atoms with van der Waals surface area (Å²) >= 11 is 0. The zero-order chi connectivity index (χ0) is 14.5. The van der Waals surface area contributed by atoms with Crippen molar-refractivity contribution >= 4 is 18.5 Å². The summed E-state index contributed by atoms with van der Waals surface area (Å²) in [6.07, 6.45) is 2.23. The van der Waals surface area contributed by atoms with E-state index in [1.54, 1.807) is 0 Å². The Balaban J connectivity index is 1.95. The van der Waals surface area contributed by atoms with Crippen LogP contribution in [0, 0.1) is 0 Å². The average Bonchev–Trinajstić information content (AvgIpc) is 2.59. The summed E-state index contributed by atoms with van der Waals surface area (Å²) < 4.78 is 12.3. The van der Waals surface area contributed by atoms with E-state index in [0.717, 1.165) is 6.54 Å². The number of benzene rings is 1. The monoisotopic (exact) mass is 271 g/mol. The van der Waals surface area contributed by atoms with Gasteiger partial charge in [0.25, 0.3) is 0 Å². The van der Waals surface area contributed by atoms with Gasteiger partial charge in [-0.15, -0.1) is 0 Å². The number of rotatable bonds is 1. The van der Waals surface area contributed by atoms with Crippen molar-refractivity contribution in [2.24, 2.45) is 0 Å². The highest BCUT2D eigenvalue weighted by Crippen LogP contribution is 2.40. The van der Waals surface area contributed by atoms with Crippen LogP contribution in [0.4, 0.5) is 5.69 Å². The van der Waals surface area contributed by atoms with Crippen LogP contribution in [0.3, 0.4) is 0 Å². The summed E-state index contributed by atoms with van der Waals surface area (Å²) in [5, 5.41) is 0. The van der Waals surface area contributed by atoms with Gasteiger partial charge in [-0.3, -0.25) is 0 Å². The lowest BCUT2D eigenvalue weighted by Crippen LogP contribution is -2.44. The van der Waals surface area contributed by atoms with Crippen molar-refractivity contribution in [3.63, 3.8) is 0 Å². The van der Waals surface area contributed by atoms with E-state index >= 15 is 0 Å². The van der Waals surface area contributed by atoms with Gasteiger partial charge >= 0.3 is 7.25 Å². The molecule has 2 heterocycles. The van der Waals surface area contributed by atoms with Crippen LogP contribution in [0.2, 0.25) is 0 Å². The molecule has 1 aromatic carbocycles. The molecule has 20 heavy (non-hydrogen) atoms. The van der Waals surface area contributed by atoms with Gasteiger partial charge in [0.1, 0.15) is 0 Å². The number of anilines is 1. The van der Waals surface area contributed by atoms with E-state index in [1.807, 2.05) is 0 Å². The lowest BCUT2D eigenvalue weighted by atomic mass is 9.90. The zero-order valence-electron chi connectivity index (χ0n) is 12.9. The lowest BCUT2D eigenvalue weighted by Gasteiger charge is -2.32. The van der Waals surface area contributed by atoms with E-state index in [2.05, 4.69) is 69.8 Å². The number of hydrogen-bond donors (Lipinski definition) is 0. The molecule has 0 bridgehead atoms. The molecule has 2 aliphatic rings. The standard InChI is InChI=1S/C16H22BNO2/c1-12-10-11-18(14-9-7-6-8-13(12)14)17-19-15(2,3)16(4,5)20-17/h6-10H,11H2,1-5H3. The fourth-order valence-corrected chi connectivity index (χ4v) is 2.64. The highest BCUT2D eigenvalue weighted by Gasteiger charge is 2.54. The number of nitrogens with zero attached hydrogens (tertiary/aromatic N) is 1. The Kier molecular flexibility index (Phi) is 3.00. The van der Waals surface area contributed by atoms with Gasteiger partial charge in [0.2, 0.25) is 0 Å². The van der Waals surface area contributed by atoms with E-state index in [9.17, 15) is 0 Å². The van der Waals surface area contributed by atoms with Crippen LogP contribution in [-0.2, 0) is 9.31 Å². The van der Waals surface area contributed by atoms with Crippen LogP contribution in [-0.4, -0.2) is 25.0 Å². The second-order valence-corrected chi connectivity index (χ2v) is 6.62. The van der Waals surface area contributed by atoms with Crippen LogP contribution in [0.1, 0.15) is 40.2 Å². The Morgan fingerprint density at radius 2 is 1.65 bits per heavy atom. The van der Waals surface area contributed by atoms with Gasteiger partial charge < -0.3 is 14.1 Å². The molecule has 0 atom stereocenters. The quantitative estimate of drug-likeness (QED) is 0.730. The van der Waals surface area contributed by atoms with Crippen molar-refractivity contribution in [2.75, 3.05) is 11.4 Å². The third kappa shape index (κ3) is 1.98. The molecule has 0 unspecified atom stereocenters. The Morgan fingerprint density at radius 3 is 2.30 bits per heavy atom. The molecule has 3 rings (SSSR count). The molecular weight excluding hydrogens is 249 g/mol. The fraction of sp³-hybridized carbons (Fsp3) is 0.500. The molecule has 1 saturated heterocycles. The van der Waals surface area contributed by atoms with Crippen LogP contribution < -0.4 is 4.81 Å². The first kappa shape index (κ1) is 13.7. The number of para-hydroxylation sites is 1. The molecule has 0 aliphatic carbocycles. The summed E-state index contributed by atoms with van der Waals surface area (Å²) in [5.74, 6) is 0. The molecule has 0 aromatic heterocycles. The fourth-order valence-electron chi connectivity index (χ4n) is 2.64. The predicted octanol–water partition coefficient (Wildman–Crippen LogP) is 3.50. The maximum atomic E-state index is 6.17. The largest absolute Gasteiger partial charge is 0.594 e. The molecule has 0 N–H and O–H groups in total. The Bertz CT molecular complexity index is 549. The summed E-state index contributed by atoms with van der Waals surface area (Å²) in [6.45, 7) is 11.3. The number of hydrogen-bond acceptors (Lipinski definition) is 3. The van der Waals surface area contributed by atoms with Crippen molar-refractivity contribution in [2.45, 2.75) is 45.8 Å². The van der Waals surface area contributed by atoms with Gasteiger partial charge in [0.05, 0.1) is 11.2 Å². The van der Waals surface area contributed by atoms with Gasteiger partial charge in [-0.1, -0.05) is 24.3 Å². The summed E-state index contributed by atoms with van der Waals surface area (Å²) in [7, 11) is -0.328. The van der Waals surface area contributed by atoms with E-state index in [4.69, 9.17) is 9.31 Å². The predicted molar refractivity (Wildman–Crippen MR) is 83.5 cm³/mol. The Hall–Kier alpha value is -1.26. The second-order valence-electron chi connectivity index (χ2n) is 6.62. The smallest absolute Gasteiger partial charge is 0.384 e. The molecular formula is C16H22BNO2. The molecule has 106 valence electrons. The minimum atomic E-state index is -0.328. The van der Waals surface area contributed by atoms with E-state index < -0.39 is 0 Å². The normalized spacial score (nSPS) is 23.6. The highest BCUT2D eigenvalue weighted by atomic mass is 16.7. The van der Waals surface area contributed by atoms with Crippen molar-refractivity contribution in [3.05, 3.63) is 35.9 Å². The van der Waals surface area contributed by atoms with Gasteiger partial charge in [-0.25, -0.2) is 0 Å². The molecule has 0 spiro atoms.